The highest BCUT2D eigenvalue weighted by atomic mass is 14.0. The summed E-state index contributed by atoms with van der Waals surface area (Å²) in [6, 6.07) is 0. The van der Waals surface area contributed by atoms with E-state index in [1.165, 1.54) is 11.1 Å². The molecular formula is C12H17. The first-order valence-electron chi connectivity index (χ1n) is 4.34. The molecule has 0 nitrogen and oxygen atoms in total. The van der Waals surface area contributed by atoms with E-state index in [-0.39, 0.29) is 0 Å². The molecule has 0 spiro atoms. The van der Waals surface area contributed by atoms with Gasteiger partial charge in [0.1, 0.15) is 0 Å². The first-order chi connectivity index (χ1) is 5.76. The van der Waals surface area contributed by atoms with Crippen LogP contribution in [-0.2, 0) is 0 Å². The van der Waals surface area contributed by atoms with Crippen molar-refractivity contribution >= 4 is 0 Å². The molecule has 0 aliphatic carbocycles. The van der Waals surface area contributed by atoms with E-state index in [1.807, 2.05) is 26.0 Å². The highest BCUT2D eigenvalue weighted by Crippen LogP contribution is 2.11. The maximum absolute atomic E-state index is 3.11. The van der Waals surface area contributed by atoms with Crippen molar-refractivity contribution in [2.45, 2.75) is 34.1 Å². The van der Waals surface area contributed by atoms with Crippen molar-refractivity contribution in [1.29, 1.82) is 0 Å². The first kappa shape index (κ1) is 11.0. The van der Waals surface area contributed by atoms with Crippen LogP contribution < -0.4 is 0 Å². The van der Waals surface area contributed by atoms with E-state index in [1.54, 1.807) is 0 Å². The molecule has 0 N–H and O–H groups in total. The van der Waals surface area contributed by atoms with E-state index in [0.29, 0.717) is 0 Å². The summed E-state index contributed by atoms with van der Waals surface area (Å²) in [5.41, 5.74) is 5.61. The molecule has 0 fully saturated rings. The van der Waals surface area contributed by atoms with Gasteiger partial charge in [0.25, 0.3) is 0 Å². The Labute approximate surface area is 76.0 Å². The average Bonchev–Trinajstić information content (AvgIpc) is 2.10. The summed E-state index contributed by atoms with van der Waals surface area (Å²) < 4.78 is 0. The Morgan fingerprint density at radius 2 is 2.08 bits per heavy atom. The second kappa shape index (κ2) is 6.69. The SMILES string of the molecule is C[C]=C=C(CC)C(C)=CC=CC. The van der Waals surface area contributed by atoms with Crippen molar-refractivity contribution in [1.82, 2.24) is 0 Å². The Morgan fingerprint density at radius 3 is 2.50 bits per heavy atom. The van der Waals surface area contributed by atoms with E-state index >= 15 is 0 Å². The molecule has 0 atom stereocenters. The van der Waals surface area contributed by atoms with E-state index in [2.05, 4.69) is 31.7 Å². The molecule has 0 aromatic heterocycles. The van der Waals surface area contributed by atoms with Gasteiger partial charge in [-0.25, -0.2) is 0 Å². The van der Waals surface area contributed by atoms with Gasteiger partial charge < -0.3 is 0 Å². The molecule has 0 aromatic rings. The number of allylic oxidation sites excluding steroid dienone is 5. The molecule has 65 valence electrons. The van der Waals surface area contributed by atoms with Crippen molar-refractivity contribution in [2.75, 3.05) is 0 Å². The zero-order valence-corrected chi connectivity index (χ0v) is 8.44. The Morgan fingerprint density at radius 1 is 1.42 bits per heavy atom. The molecule has 0 aliphatic heterocycles. The minimum absolute atomic E-state index is 1.01. The third kappa shape index (κ3) is 4.00. The summed E-state index contributed by atoms with van der Waals surface area (Å²) in [6.45, 7) is 8.12. The van der Waals surface area contributed by atoms with Gasteiger partial charge in [-0.3, -0.25) is 0 Å². The van der Waals surface area contributed by atoms with Crippen LogP contribution in [0.15, 0.2) is 35.1 Å². The molecule has 0 saturated heterocycles. The third-order valence-electron chi connectivity index (χ3n) is 1.64. The van der Waals surface area contributed by atoms with Crippen LogP contribution >= 0.6 is 0 Å². The van der Waals surface area contributed by atoms with Crippen molar-refractivity contribution in [2.24, 2.45) is 0 Å². The van der Waals surface area contributed by atoms with Gasteiger partial charge in [-0.1, -0.05) is 25.2 Å². The van der Waals surface area contributed by atoms with Crippen LogP contribution in [0.2, 0.25) is 0 Å². The van der Waals surface area contributed by atoms with Crippen LogP contribution in [0.1, 0.15) is 34.1 Å². The standard InChI is InChI=1S/C12H17/c1-5-8-10-11(4)12(7-3)9-6-2/h5,8,10H,7H2,1-4H3. The number of rotatable bonds is 3. The second-order valence-corrected chi connectivity index (χ2v) is 2.58. The van der Waals surface area contributed by atoms with Crippen LogP contribution in [-0.4, -0.2) is 0 Å². The van der Waals surface area contributed by atoms with Crippen molar-refractivity contribution in [3.8, 4) is 0 Å². The van der Waals surface area contributed by atoms with E-state index in [0.717, 1.165) is 6.42 Å². The van der Waals surface area contributed by atoms with Crippen molar-refractivity contribution in [3.63, 3.8) is 0 Å². The number of hydrogen-bond acceptors (Lipinski definition) is 0. The van der Waals surface area contributed by atoms with Gasteiger partial charge >= 0.3 is 0 Å². The van der Waals surface area contributed by atoms with E-state index in [4.69, 9.17) is 0 Å². The predicted molar refractivity (Wildman–Crippen MR) is 54.8 cm³/mol. The Bertz CT molecular complexity index is 233. The zero-order valence-electron chi connectivity index (χ0n) is 8.44. The summed E-state index contributed by atoms with van der Waals surface area (Å²) in [5, 5.41) is 0. The predicted octanol–water partition coefficient (Wildman–Crippen LogP) is 3.82. The fourth-order valence-electron chi connectivity index (χ4n) is 0.958. The number of hydrogen-bond donors (Lipinski definition) is 0. The molecule has 0 rings (SSSR count). The minimum Gasteiger partial charge on any atom is -0.113 e. The Hall–Kier alpha value is -1.00. The molecule has 12 heavy (non-hydrogen) atoms. The molecule has 0 heterocycles. The highest BCUT2D eigenvalue weighted by molar-refractivity contribution is 5.30. The molecule has 0 bridgehead atoms. The Kier molecular flexibility index (Phi) is 6.14. The molecule has 0 amide bonds. The maximum Gasteiger partial charge on any atom is 0.00180 e. The molecule has 0 unspecified atom stereocenters. The summed E-state index contributed by atoms with van der Waals surface area (Å²) in [6.07, 6.45) is 10.1. The van der Waals surface area contributed by atoms with Gasteiger partial charge in [0.2, 0.25) is 0 Å². The summed E-state index contributed by atoms with van der Waals surface area (Å²) in [4.78, 5) is 0. The van der Waals surface area contributed by atoms with Gasteiger partial charge in [-0.05, 0) is 38.3 Å². The summed E-state index contributed by atoms with van der Waals surface area (Å²) in [7, 11) is 0. The lowest BCUT2D eigenvalue weighted by Crippen LogP contribution is -1.80. The molecule has 0 aromatic carbocycles. The fraction of sp³-hybridized carbons (Fsp3) is 0.417. The second-order valence-electron chi connectivity index (χ2n) is 2.58. The third-order valence-corrected chi connectivity index (χ3v) is 1.64. The lowest BCUT2D eigenvalue weighted by molar-refractivity contribution is 1.11. The monoisotopic (exact) mass is 161 g/mol. The van der Waals surface area contributed by atoms with Gasteiger partial charge in [-0.2, -0.15) is 0 Å². The van der Waals surface area contributed by atoms with Gasteiger partial charge in [-0.15, -0.1) is 5.73 Å². The fourth-order valence-corrected chi connectivity index (χ4v) is 0.958. The van der Waals surface area contributed by atoms with Gasteiger partial charge in [0.15, 0.2) is 0 Å². The largest absolute Gasteiger partial charge is 0.113 e. The lowest BCUT2D eigenvalue weighted by atomic mass is 10.1. The topological polar surface area (TPSA) is 0 Å². The van der Waals surface area contributed by atoms with Crippen LogP contribution in [0.4, 0.5) is 0 Å². The summed E-state index contributed by atoms with van der Waals surface area (Å²) in [5.74, 6) is 0. The Balaban J connectivity index is 4.64. The molecule has 0 heteroatoms. The molecule has 0 saturated carbocycles. The van der Waals surface area contributed by atoms with Crippen LogP contribution in [0, 0.1) is 6.08 Å². The van der Waals surface area contributed by atoms with Gasteiger partial charge in [0, 0.05) is 6.08 Å². The van der Waals surface area contributed by atoms with Gasteiger partial charge in [0.05, 0.1) is 0 Å². The average molecular weight is 161 g/mol. The lowest BCUT2D eigenvalue weighted by Gasteiger charge is -1.98. The maximum atomic E-state index is 3.11. The molecular weight excluding hydrogens is 144 g/mol. The molecule has 0 aliphatic rings. The summed E-state index contributed by atoms with van der Waals surface area (Å²) >= 11 is 0. The van der Waals surface area contributed by atoms with Crippen LogP contribution in [0.25, 0.3) is 0 Å². The van der Waals surface area contributed by atoms with E-state index in [9.17, 15) is 0 Å². The quantitative estimate of drug-likeness (QED) is 0.436. The van der Waals surface area contributed by atoms with Crippen LogP contribution in [0.3, 0.4) is 0 Å². The minimum atomic E-state index is 1.01. The van der Waals surface area contributed by atoms with Crippen molar-refractivity contribution < 1.29 is 0 Å². The van der Waals surface area contributed by atoms with Crippen LogP contribution in [0.5, 0.6) is 0 Å². The zero-order chi connectivity index (χ0) is 9.40. The van der Waals surface area contributed by atoms with E-state index < -0.39 is 0 Å². The normalized spacial score (nSPS) is 11.5. The molecule has 1 radical (unpaired) electrons. The first-order valence-corrected chi connectivity index (χ1v) is 4.34. The van der Waals surface area contributed by atoms with Crippen molar-refractivity contribution in [3.05, 3.63) is 41.2 Å². The highest BCUT2D eigenvalue weighted by Gasteiger charge is 1.92. The smallest absolute Gasteiger partial charge is 0.00180 e.